The van der Waals surface area contributed by atoms with Gasteiger partial charge in [-0.1, -0.05) is 13.8 Å². The van der Waals surface area contributed by atoms with Gasteiger partial charge in [0, 0.05) is 6.54 Å². The SMILES string of the molecule is CCN(CC)CCS(=O)(=O)c1ccc(N=NC2C(=O)N(c3ccc(S(=O)(=O)[O-])cc3)N=C2C(=O)[O-])cc1.[Na+].[Na+]. The average molecular weight is 596 g/mol. The molecular formula is C22H23N5Na2O8S2. The Morgan fingerprint density at radius 1 is 0.974 bits per heavy atom. The Bertz CT molecular complexity index is 1440. The van der Waals surface area contributed by atoms with Crippen molar-refractivity contribution in [2.75, 3.05) is 30.4 Å². The fourth-order valence-electron chi connectivity index (χ4n) is 3.39. The Hall–Kier alpha value is -1.53. The van der Waals surface area contributed by atoms with E-state index >= 15 is 0 Å². The van der Waals surface area contributed by atoms with E-state index < -0.39 is 48.5 Å². The van der Waals surface area contributed by atoms with Gasteiger partial charge in [-0.3, -0.25) is 4.79 Å². The number of anilines is 1. The number of aliphatic carboxylic acids is 1. The van der Waals surface area contributed by atoms with Gasteiger partial charge < -0.3 is 19.4 Å². The van der Waals surface area contributed by atoms with Crippen LogP contribution in [-0.4, -0.2) is 75.3 Å². The Morgan fingerprint density at radius 2 is 1.51 bits per heavy atom. The van der Waals surface area contributed by atoms with Crippen LogP contribution in [-0.2, 0) is 29.5 Å². The molecule has 0 fully saturated rings. The molecule has 13 nitrogen and oxygen atoms in total. The maximum absolute atomic E-state index is 12.8. The number of carbonyl (C=O) groups excluding carboxylic acids is 2. The van der Waals surface area contributed by atoms with E-state index in [1.165, 1.54) is 24.3 Å². The minimum atomic E-state index is -4.72. The zero-order valence-corrected chi connectivity index (χ0v) is 27.5. The van der Waals surface area contributed by atoms with Crippen LogP contribution in [0, 0.1) is 0 Å². The molecule has 17 heteroatoms. The van der Waals surface area contributed by atoms with E-state index in [1.807, 2.05) is 18.7 Å². The number of benzene rings is 2. The van der Waals surface area contributed by atoms with E-state index in [1.54, 1.807) is 0 Å². The third-order valence-electron chi connectivity index (χ3n) is 5.54. The molecule has 0 spiro atoms. The molecule has 1 unspecified atom stereocenters. The Kier molecular flexibility index (Phi) is 13.6. The molecular weight excluding hydrogens is 572 g/mol. The van der Waals surface area contributed by atoms with Crippen LogP contribution in [0.4, 0.5) is 11.4 Å². The van der Waals surface area contributed by atoms with Crippen LogP contribution in [0.3, 0.4) is 0 Å². The number of hydrogen-bond acceptors (Lipinski definition) is 12. The first-order valence-corrected chi connectivity index (χ1v) is 14.1. The number of nitrogens with zero attached hydrogens (tertiary/aromatic N) is 5. The molecule has 198 valence electrons. The normalized spacial score (nSPS) is 15.7. The van der Waals surface area contributed by atoms with Crippen molar-refractivity contribution in [2.24, 2.45) is 15.3 Å². The Labute approximate surface area is 270 Å². The number of hydrogen-bond donors (Lipinski definition) is 0. The van der Waals surface area contributed by atoms with Crippen LogP contribution in [0.1, 0.15) is 13.8 Å². The predicted molar refractivity (Wildman–Crippen MR) is 129 cm³/mol. The number of rotatable bonds is 11. The van der Waals surface area contributed by atoms with Crippen molar-refractivity contribution < 1.29 is 95.2 Å². The maximum Gasteiger partial charge on any atom is 1.00 e. The average Bonchev–Trinajstić information content (AvgIpc) is 3.19. The van der Waals surface area contributed by atoms with Crippen LogP contribution in [0.2, 0.25) is 0 Å². The molecule has 0 bridgehead atoms. The zero-order chi connectivity index (χ0) is 27.4. The third kappa shape index (κ3) is 8.98. The minimum absolute atomic E-state index is 0. The van der Waals surface area contributed by atoms with Crippen molar-refractivity contribution in [2.45, 2.75) is 29.7 Å². The number of amides is 1. The van der Waals surface area contributed by atoms with Crippen LogP contribution in [0.15, 0.2) is 73.7 Å². The van der Waals surface area contributed by atoms with Gasteiger partial charge in [0.05, 0.1) is 32.9 Å². The van der Waals surface area contributed by atoms with Crippen molar-refractivity contribution >= 4 is 48.9 Å². The molecule has 3 rings (SSSR count). The van der Waals surface area contributed by atoms with E-state index in [-0.39, 0.29) is 81.1 Å². The van der Waals surface area contributed by atoms with E-state index in [4.69, 9.17) is 0 Å². The standard InChI is InChI=1S/C22H25N5O8S2.2Na/c1-3-26(4-2)13-14-36(31,32)17-9-5-15(6-10-17)23-24-19-20(22(29)30)25-27(21(19)28)16-7-11-18(12-8-16)37(33,34)35;;/h5-12,19H,3-4,13-14H2,1-2H3,(H,29,30)(H,33,34,35);;/q;2*+1/p-2. The second-order valence-corrected chi connectivity index (χ2v) is 11.3. The Balaban J connectivity index is 0.00000380. The molecule has 0 saturated heterocycles. The molecule has 1 heterocycles. The van der Waals surface area contributed by atoms with Gasteiger partial charge in [-0.25, -0.2) is 16.8 Å². The van der Waals surface area contributed by atoms with Gasteiger partial charge in [0.1, 0.15) is 15.8 Å². The quantitative estimate of drug-likeness (QED) is 0.138. The monoisotopic (exact) mass is 595 g/mol. The number of carboxylic acids is 1. The number of carboxylic acid groups (broad SMARTS) is 1. The summed E-state index contributed by atoms with van der Waals surface area (Å²) in [5.74, 6) is -2.74. The summed E-state index contributed by atoms with van der Waals surface area (Å²) < 4.78 is 58.4. The van der Waals surface area contributed by atoms with Gasteiger partial charge in [0.15, 0.2) is 15.9 Å². The van der Waals surface area contributed by atoms with Crippen molar-refractivity contribution in [3.05, 3.63) is 48.5 Å². The Morgan fingerprint density at radius 3 is 2.00 bits per heavy atom. The second-order valence-electron chi connectivity index (χ2n) is 7.83. The van der Waals surface area contributed by atoms with Crippen molar-refractivity contribution in [1.29, 1.82) is 0 Å². The summed E-state index contributed by atoms with van der Waals surface area (Å²) in [4.78, 5) is 25.8. The second kappa shape index (κ2) is 14.9. The fraction of sp³-hybridized carbons (Fsp3) is 0.318. The summed E-state index contributed by atoms with van der Waals surface area (Å²) in [5, 5.41) is 23.5. The van der Waals surface area contributed by atoms with Crippen LogP contribution < -0.4 is 69.2 Å². The molecule has 2 aromatic carbocycles. The van der Waals surface area contributed by atoms with Gasteiger partial charge in [-0.2, -0.15) is 20.3 Å². The first kappa shape index (κ1) is 35.5. The number of carbonyl (C=O) groups is 2. The molecule has 0 radical (unpaired) electrons. The fourth-order valence-corrected chi connectivity index (χ4v) is 5.15. The van der Waals surface area contributed by atoms with Gasteiger partial charge in [-0.15, -0.1) is 0 Å². The van der Waals surface area contributed by atoms with Gasteiger partial charge in [-0.05, 0) is 61.6 Å². The predicted octanol–water partition coefficient (Wildman–Crippen LogP) is -5.68. The summed E-state index contributed by atoms with van der Waals surface area (Å²) in [6.07, 6.45) is 0. The topological polar surface area (TPSA) is 192 Å². The largest absolute Gasteiger partial charge is 1.00 e. The first-order chi connectivity index (χ1) is 17.4. The molecule has 1 amide bonds. The molecule has 0 aromatic heterocycles. The maximum atomic E-state index is 12.8. The first-order valence-electron chi connectivity index (χ1n) is 11.0. The molecule has 2 aromatic rings. The number of azo groups is 1. The van der Waals surface area contributed by atoms with Crippen LogP contribution in [0.5, 0.6) is 0 Å². The summed E-state index contributed by atoms with van der Waals surface area (Å²) in [5.41, 5.74) is -0.574. The zero-order valence-electron chi connectivity index (χ0n) is 21.8. The number of hydrazone groups is 1. The van der Waals surface area contributed by atoms with E-state index in [0.717, 1.165) is 37.4 Å². The van der Waals surface area contributed by atoms with E-state index in [2.05, 4.69) is 15.3 Å². The van der Waals surface area contributed by atoms with Crippen LogP contribution >= 0.6 is 0 Å². The minimum Gasteiger partial charge on any atom is -0.744 e. The van der Waals surface area contributed by atoms with Gasteiger partial charge in [0.25, 0.3) is 5.91 Å². The molecule has 1 aliphatic heterocycles. The molecule has 0 N–H and O–H groups in total. The van der Waals surface area contributed by atoms with Gasteiger partial charge >= 0.3 is 59.1 Å². The molecule has 39 heavy (non-hydrogen) atoms. The van der Waals surface area contributed by atoms with E-state index in [9.17, 15) is 36.1 Å². The molecule has 1 aliphatic rings. The molecule has 1 atom stereocenters. The smallest absolute Gasteiger partial charge is 0.744 e. The van der Waals surface area contributed by atoms with Crippen molar-refractivity contribution in [1.82, 2.24) is 4.90 Å². The summed E-state index contributed by atoms with van der Waals surface area (Å²) in [7, 11) is -8.26. The number of sulfone groups is 1. The van der Waals surface area contributed by atoms with Crippen molar-refractivity contribution in [3.8, 4) is 0 Å². The summed E-state index contributed by atoms with van der Waals surface area (Å²) >= 11 is 0. The molecule has 0 aliphatic carbocycles. The van der Waals surface area contributed by atoms with Gasteiger partial charge in [0.2, 0.25) is 0 Å². The summed E-state index contributed by atoms with van der Waals surface area (Å²) in [6, 6.07) is 7.87. The van der Waals surface area contributed by atoms with E-state index in [0.29, 0.717) is 11.6 Å². The molecule has 0 saturated carbocycles. The van der Waals surface area contributed by atoms with Crippen LogP contribution in [0.25, 0.3) is 0 Å². The van der Waals surface area contributed by atoms with Crippen molar-refractivity contribution in [3.63, 3.8) is 0 Å². The third-order valence-corrected chi connectivity index (χ3v) is 8.10. The summed E-state index contributed by atoms with van der Waals surface area (Å²) in [6.45, 7) is 5.73.